The Balaban J connectivity index is 1.48. The molecule has 1 aromatic carbocycles. The average molecular weight is 275 g/mol. The van der Waals surface area contributed by atoms with Crippen molar-refractivity contribution in [3.8, 4) is 5.75 Å². The molecule has 5 nitrogen and oxygen atoms in total. The molecule has 0 saturated carbocycles. The van der Waals surface area contributed by atoms with E-state index in [-0.39, 0.29) is 12.1 Å². The predicted octanol–water partition coefficient (Wildman–Crippen LogP) is 2.27. The first kappa shape index (κ1) is 12.0. The van der Waals surface area contributed by atoms with Gasteiger partial charge in [-0.05, 0) is 11.6 Å². The van der Waals surface area contributed by atoms with Crippen LogP contribution >= 0.6 is 11.3 Å². The summed E-state index contributed by atoms with van der Waals surface area (Å²) in [5, 5.41) is 7.86. The summed E-state index contributed by atoms with van der Waals surface area (Å²) in [6, 6.07) is 7.68. The zero-order chi connectivity index (χ0) is 13.1. The standard InChI is InChI=1S/C13H13N3O2S/c17-12(16-13-14-5-6-19-13)15-8-10-7-9-3-1-2-4-11(9)18-10/h1-6,10H,7-8H2,(H2,14,15,16,17)/t10-/m1/s1. The van der Waals surface area contributed by atoms with Gasteiger partial charge in [0.15, 0.2) is 5.13 Å². The number of fused-ring (bicyclic) bond motifs is 1. The molecule has 1 aromatic heterocycles. The first-order chi connectivity index (χ1) is 9.31. The third kappa shape index (κ3) is 2.85. The molecule has 0 fully saturated rings. The van der Waals surface area contributed by atoms with E-state index in [1.807, 2.05) is 29.6 Å². The van der Waals surface area contributed by atoms with E-state index < -0.39 is 0 Å². The fourth-order valence-electron chi connectivity index (χ4n) is 2.00. The number of anilines is 1. The second-order valence-corrected chi connectivity index (χ2v) is 5.12. The quantitative estimate of drug-likeness (QED) is 0.903. The summed E-state index contributed by atoms with van der Waals surface area (Å²) in [6.45, 7) is 0.478. The van der Waals surface area contributed by atoms with E-state index in [0.29, 0.717) is 11.7 Å². The Morgan fingerprint density at radius 1 is 1.47 bits per heavy atom. The van der Waals surface area contributed by atoms with Crippen molar-refractivity contribution in [1.29, 1.82) is 0 Å². The monoisotopic (exact) mass is 275 g/mol. The highest BCUT2D eigenvalue weighted by molar-refractivity contribution is 7.13. The van der Waals surface area contributed by atoms with Gasteiger partial charge in [-0.1, -0.05) is 18.2 Å². The number of amides is 2. The molecular formula is C13H13N3O2S. The van der Waals surface area contributed by atoms with Crippen LogP contribution in [0.5, 0.6) is 5.75 Å². The number of carbonyl (C=O) groups excluding carboxylic acids is 1. The van der Waals surface area contributed by atoms with Gasteiger partial charge >= 0.3 is 6.03 Å². The molecule has 1 atom stereocenters. The molecule has 19 heavy (non-hydrogen) atoms. The molecule has 2 amide bonds. The number of nitrogens with one attached hydrogen (secondary N) is 2. The summed E-state index contributed by atoms with van der Waals surface area (Å²) < 4.78 is 5.74. The van der Waals surface area contributed by atoms with Crippen LogP contribution in [0.25, 0.3) is 0 Å². The molecule has 0 bridgehead atoms. The lowest BCUT2D eigenvalue weighted by atomic mass is 10.1. The maximum Gasteiger partial charge on any atom is 0.321 e. The van der Waals surface area contributed by atoms with Crippen LogP contribution in [0, 0.1) is 0 Å². The first-order valence-corrected chi connectivity index (χ1v) is 6.88. The molecule has 98 valence electrons. The number of hydrogen-bond donors (Lipinski definition) is 2. The van der Waals surface area contributed by atoms with Gasteiger partial charge in [0.05, 0.1) is 6.54 Å². The number of aromatic nitrogens is 1. The SMILES string of the molecule is O=C(NC[C@H]1Cc2ccccc2O1)Nc1nccs1. The highest BCUT2D eigenvalue weighted by atomic mass is 32.1. The number of rotatable bonds is 3. The van der Waals surface area contributed by atoms with Gasteiger partial charge < -0.3 is 10.1 Å². The highest BCUT2D eigenvalue weighted by Crippen LogP contribution is 2.27. The molecule has 0 aliphatic carbocycles. The van der Waals surface area contributed by atoms with Crippen molar-refractivity contribution < 1.29 is 9.53 Å². The van der Waals surface area contributed by atoms with E-state index >= 15 is 0 Å². The maximum absolute atomic E-state index is 11.6. The smallest absolute Gasteiger partial charge is 0.321 e. The Hall–Kier alpha value is -2.08. The van der Waals surface area contributed by atoms with Crippen molar-refractivity contribution in [2.45, 2.75) is 12.5 Å². The molecule has 0 saturated heterocycles. The summed E-state index contributed by atoms with van der Waals surface area (Å²) in [5.74, 6) is 0.912. The molecule has 6 heteroatoms. The second-order valence-electron chi connectivity index (χ2n) is 4.22. The Morgan fingerprint density at radius 3 is 3.16 bits per heavy atom. The molecule has 0 radical (unpaired) electrons. The van der Waals surface area contributed by atoms with Crippen molar-refractivity contribution in [2.75, 3.05) is 11.9 Å². The number of ether oxygens (including phenoxy) is 1. The van der Waals surface area contributed by atoms with Gasteiger partial charge in [0, 0.05) is 18.0 Å². The number of carbonyl (C=O) groups is 1. The Labute approximate surface area is 114 Å². The fourth-order valence-corrected chi connectivity index (χ4v) is 2.52. The normalized spacial score (nSPS) is 16.5. The van der Waals surface area contributed by atoms with E-state index in [4.69, 9.17) is 4.74 Å². The van der Waals surface area contributed by atoms with E-state index in [1.54, 1.807) is 6.20 Å². The number of urea groups is 1. The molecule has 2 heterocycles. The van der Waals surface area contributed by atoms with Crippen LogP contribution < -0.4 is 15.4 Å². The minimum Gasteiger partial charge on any atom is -0.488 e. The molecule has 2 N–H and O–H groups in total. The predicted molar refractivity (Wildman–Crippen MR) is 73.7 cm³/mol. The first-order valence-electron chi connectivity index (χ1n) is 6.00. The van der Waals surface area contributed by atoms with Crippen molar-refractivity contribution in [1.82, 2.24) is 10.3 Å². The molecular weight excluding hydrogens is 262 g/mol. The fraction of sp³-hybridized carbons (Fsp3) is 0.231. The van der Waals surface area contributed by atoms with E-state index in [9.17, 15) is 4.79 Å². The summed E-state index contributed by atoms with van der Waals surface area (Å²) in [7, 11) is 0. The van der Waals surface area contributed by atoms with Gasteiger partial charge in [-0.2, -0.15) is 0 Å². The van der Waals surface area contributed by atoms with Crippen molar-refractivity contribution in [3.05, 3.63) is 41.4 Å². The minimum absolute atomic E-state index is 0.000514. The maximum atomic E-state index is 11.6. The molecule has 0 unspecified atom stereocenters. The van der Waals surface area contributed by atoms with Crippen molar-refractivity contribution in [3.63, 3.8) is 0 Å². The van der Waals surface area contributed by atoms with Crippen LogP contribution in [0.3, 0.4) is 0 Å². The Morgan fingerprint density at radius 2 is 2.37 bits per heavy atom. The lowest BCUT2D eigenvalue weighted by molar-refractivity contribution is 0.219. The molecule has 1 aliphatic rings. The number of benzene rings is 1. The van der Waals surface area contributed by atoms with Gasteiger partial charge in [-0.25, -0.2) is 9.78 Å². The number of nitrogens with zero attached hydrogens (tertiary/aromatic N) is 1. The van der Waals surface area contributed by atoms with Gasteiger partial charge in [0.2, 0.25) is 0 Å². The van der Waals surface area contributed by atoms with Crippen LogP contribution in [0.2, 0.25) is 0 Å². The highest BCUT2D eigenvalue weighted by Gasteiger charge is 2.22. The van der Waals surface area contributed by atoms with E-state index in [2.05, 4.69) is 15.6 Å². The molecule has 2 aromatic rings. The third-order valence-corrected chi connectivity index (χ3v) is 3.55. The summed E-state index contributed by atoms with van der Waals surface area (Å²) >= 11 is 1.38. The number of para-hydroxylation sites is 1. The van der Waals surface area contributed by atoms with Crippen LogP contribution in [0.1, 0.15) is 5.56 Å². The van der Waals surface area contributed by atoms with E-state index in [1.165, 1.54) is 16.9 Å². The van der Waals surface area contributed by atoms with Gasteiger partial charge in [-0.15, -0.1) is 11.3 Å². The van der Waals surface area contributed by atoms with Crippen molar-refractivity contribution in [2.24, 2.45) is 0 Å². The van der Waals surface area contributed by atoms with Gasteiger partial charge in [0.25, 0.3) is 0 Å². The van der Waals surface area contributed by atoms with Crippen LogP contribution in [0.4, 0.5) is 9.93 Å². The topological polar surface area (TPSA) is 63.2 Å². The number of thiazole rings is 1. The summed E-state index contributed by atoms with van der Waals surface area (Å²) in [4.78, 5) is 15.6. The van der Waals surface area contributed by atoms with Crippen LogP contribution in [-0.2, 0) is 6.42 Å². The lowest BCUT2D eigenvalue weighted by Crippen LogP contribution is -2.37. The van der Waals surface area contributed by atoms with Gasteiger partial charge in [-0.3, -0.25) is 5.32 Å². The van der Waals surface area contributed by atoms with E-state index in [0.717, 1.165) is 12.2 Å². The van der Waals surface area contributed by atoms with Gasteiger partial charge in [0.1, 0.15) is 11.9 Å². The molecule has 1 aliphatic heterocycles. The Kier molecular flexibility index (Phi) is 3.33. The summed E-state index contributed by atoms with van der Waals surface area (Å²) in [5.41, 5.74) is 1.19. The summed E-state index contributed by atoms with van der Waals surface area (Å²) in [6.07, 6.45) is 2.48. The zero-order valence-corrected chi connectivity index (χ0v) is 10.9. The molecule has 0 spiro atoms. The molecule has 3 rings (SSSR count). The third-order valence-electron chi connectivity index (χ3n) is 2.86. The van der Waals surface area contributed by atoms with Crippen LogP contribution in [-0.4, -0.2) is 23.7 Å². The van der Waals surface area contributed by atoms with Crippen LogP contribution in [0.15, 0.2) is 35.8 Å². The zero-order valence-electron chi connectivity index (χ0n) is 10.1. The lowest BCUT2D eigenvalue weighted by Gasteiger charge is -2.11. The largest absolute Gasteiger partial charge is 0.488 e. The average Bonchev–Trinajstić information content (AvgIpc) is 3.04. The minimum atomic E-state index is -0.255. The Bertz CT molecular complexity index is 546. The van der Waals surface area contributed by atoms with Crippen molar-refractivity contribution >= 4 is 22.5 Å². The number of hydrogen-bond acceptors (Lipinski definition) is 4. The second kappa shape index (κ2) is 5.27.